The quantitative estimate of drug-likeness (QED) is 0.0272. The molecule has 2 N–H and O–H groups in total. The number of carbonyl (C=O) groups excluding carboxylic acids is 2. The molecule has 3 aromatic carbocycles. The highest BCUT2D eigenvalue weighted by Crippen LogP contribution is 2.62. The van der Waals surface area contributed by atoms with Gasteiger partial charge in [0, 0.05) is 37.7 Å². The minimum atomic E-state index is -1.50. The molecular formula is C58H78N2O12. The average molecular weight is 995 g/mol. The van der Waals surface area contributed by atoms with Crippen molar-refractivity contribution in [1.82, 2.24) is 4.90 Å². The number of aldehydes is 1. The summed E-state index contributed by atoms with van der Waals surface area (Å²) >= 11 is 0. The maximum Gasteiger partial charge on any atom is 0.410 e. The van der Waals surface area contributed by atoms with Crippen LogP contribution in [0.3, 0.4) is 0 Å². The van der Waals surface area contributed by atoms with E-state index in [0.717, 1.165) is 67.9 Å². The molecule has 0 aromatic heterocycles. The number of hydrogen-bond donors (Lipinski definition) is 2. The Bertz CT molecular complexity index is 2300. The lowest BCUT2D eigenvalue weighted by atomic mass is 9.55. The van der Waals surface area contributed by atoms with E-state index in [9.17, 15) is 15.0 Å². The van der Waals surface area contributed by atoms with Crippen molar-refractivity contribution in [2.75, 3.05) is 46.9 Å². The van der Waals surface area contributed by atoms with Gasteiger partial charge >= 0.3 is 6.09 Å². The number of amides is 1. The SMILES string of the molecule is C=CCOC12Oc3ccc(Oc4ccc(OC)c(C=O)c4)cc3C3C(CCCCO)C(CCCCO)C=C(C(=NOCC)CC1N(Cc1ccc4c(c1)OCO4)C(=O)OCCCCCCCCCCCC)C32. The van der Waals surface area contributed by atoms with E-state index >= 15 is 4.79 Å². The first-order valence-electron chi connectivity index (χ1n) is 26.7. The van der Waals surface area contributed by atoms with E-state index < -0.39 is 23.8 Å². The highest BCUT2D eigenvalue weighted by molar-refractivity contribution is 6.03. The standard InChI is InChI=1S/C58H78N2O12/c1-5-8-9-10-11-12-13-14-15-20-32-66-57(64)60(38-41-23-26-52-53(33-41)68-40-67-52)54-37-49(59-70-7-3)47-35-42(21-16-18-29-61)46(22-17-19-30-62)55-48-36-45(71-44-24-27-50(65-4)43(34-44)39-63)25-28-51(48)72-58(54,56(47)55)69-31-6-2/h6,23-28,33-36,39,42,46,54-56,61-62H,2,5,7-22,29-32,37-38,40H2,1,3-4H3. The van der Waals surface area contributed by atoms with Gasteiger partial charge in [0.05, 0.1) is 37.5 Å². The Balaban J connectivity index is 1.33. The second kappa shape index (κ2) is 27.5. The first kappa shape index (κ1) is 54.2. The molecule has 0 spiro atoms. The molecule has 6 atom stereocenters. The Hall–Kier alpha value is -5.57. The molecule has 14 heteroatoms. The average Bonchev–Trinajstić information content (AvgIpc) is 3.87. The van der Waals surface area contributed by atoms with E-state index in [-0.39, 0.29) is 63.9 Å². The third-order valence-corrected chi connectivity index (χ3v) is 14.6. The fraction of sp³-hybridized carbons (Fsp3) is 0.569. The minimum absolute atomic E-state index is 0.00560. The summed E-state index contributed by atoms with van der Waals surface area (Å²) in [5, 5.41) is 24.9. The lowest BCUT2D eigenvalue weighted by Gasteiger charge is -2.59. The van der Waals surface area contributed by atoms with Gasteiger partial charge in [-0.2, -0.15) is 0 Å². The second-order valence-corrected chi connectivity index (χ2v) is 19.4. The smallest absolute Gasteiger partial charge is 0.410 e. The van der Waals surface area contributed by atoms with Crippen molar-refractivity contribution in [3.05, 3.63) is 95.6 Å². The van der Waals surface area contributed by atoms with E-state index in [1.54, 1.807) is 29.2 Å². The number of methoxy groups -OCH3 is 1. The number of allylic oxidation sites excluding steroid dienone is 1. The van der Waals surface area contributed by atoms with E-state index in [4.69, 9.17) is 43.2 Å². The number of benzene rings is 3. The fourth-order valence-corrected chi connectivity index (χ4v) is 11.2. The Labute approximate surface area is 426 Å². The van der Waals surface area contributed by atoms with Gasteiger partial charge in [0.2, 0.25) is 12.6 Å². The number of aliphatic hydroxyl groups excluding tert-OH is 2. The Kier molecular flexibility index (Phi) is 20.7. The van der Waals surface area contributed by atoms with Crippen LogP contribution in [0, 0.1) is 17.8 Å². The molecule has 2 aliphatic heterocycles. The summed E-state index contributed by atoms with van der Waals surface area (Å²) in [6.07, 6.45) is 20.5. The van der Waals surface area contributed by atoms with Crippen LogP contribution in [0.1, 0.15) is 150 Å². The van der Waals surface area contributed by atoms with Gasteiger partial charge in [-0.05, 0) is 111 Å². The predicted molar refractivity (Wildman–Crippen MR) is 276 cm³/mol. The van der Waals surface area contributed by atoms with Gasteiger partial charge in [0.15, 0.2) is 17.8 Å². The van der Waals surface area contributed by atoms with Crippen LogP contribution in [0.15, 0.2) is 84.1 Å². The summed E-state index contributed by atoms with van der Waals surface area (Å²) in [5.74, 6) is 0.958. The van der Waals surface area contributed by atoms with Crippen molar-refractivity contribution in [3.8, 4) is 34.5 Å². The number of ether oxygens (including phenoxy) is 7. The molecule has 1 fully saturated rings. The molecule has 4 aliphatic rings. The van der Waals surface area contributed by atoms with Crippen LogP contribution >= 0.6 is 0 Å². The molecule has 1 saturated carbocycles. The lowest BCUT2D eigenvalue weighted by molar-refractivity contribution is -0.256. The summed E-state index contributed by atoms with van der Waals surface area (Å²) in [4.78, 5) is 34.9. The van der Waals surface area contributed by atoms with Crippen molar-refractivity contribution < 1.29 is 57.8 Å². The first-order valence-corrected chi connectivity index (χ1v) is 26.7. The summed E-state index contributed by atoms with van der Waals surface area (Å²) in [5.41, 5.74) is 3.67. The third kappa shape index (κ3) is 13.1. The maximum absolute atomic E-state index is 15.1. The molecule has 7 rings (SSSR count). The fourth-order valence-electron chi connectivity index (χ4n) is 11.2. The monoisotopic (exact) mass is 995 g/mol. The Morgan fingerprint density at radius 1 is 0.847 bits per heavy atom. The van der Waals surface area contributed by atoms with Crippen LogP contribution in [0.4, 0.5) is 4.79 Å². The van der Waals surface area contributed by atoms with Crippen molar-refractivity contribution in [2.45, 2.75) is 147 Å². The lowest BCUT2D eigenvalue weighted by Crippen LogP contribution is -2.70. The normalized spacial score (nSPS) is 22.0. The summed E-state index contributed by atoms with van der Waals surface area (Å²) in [7, 11) is 1.52. The molecular weight excluding hydrogens is 917 g/mol. The largest absolute Gasteiger partial charge is 0.496 e. The molecule has 72 heavy (non-hydrogen) atoms. The van der Waals surface area contributed by atoms with Crippen LogP contribution in [0.25, 0.3) is 0 Å². The van der Waals surface area contributed by atoms with Gasteiger partial charge in [-0.1, -0.05) is 101 Å². The van der Waals surface area contributed by atoms with Crippen molar-refractivity contribution in [3.63, 3.8) is 0 Å². The highest BCUT2D eigenvalue weighted by atomic mass is 16.7. The Morgan fingerprint density at radius 2 is 1.56 bits per heavy atom. The van der Waals surface area contributed by atoms with E-state index in [1.807, 2.05) is 43.3 Å². The summed E-state index contributed by atoms with van der Waals surface area (Å²) < 4.78 is 44.4. The molecule has 1 amide bonds. The van der Waals surface area contributed by atoms with Crippen LogP contribution in [-0.2, 0) is 20.9 Å². The minimum Gasteiger partial charge on any atom is -0.496 e. The molecule has 2 aliphatic carbocycles. The van der Waals surface area contributed by atoms with Crippen LogP contribution < -0.4 is 23.7 Å². The molecule has 14 nitrogen and oxygen atoms in total. The molecule has 0 radical (unpaired) electrons. The highest BCUT2D eigenvalue weighted by Gasteiger charge is 2.65. The molecule has 2 heterocycles. The molecule has 0 saturated heterocycles. The van der Waals surface area contributed by atoms with Gasteiger partial charge in [-0.15, -0.1) is 6.58 Å². The zero-order valence-corrected chi connectivity index (χ0v) is 42.9. The van der Waals surface area contributed by atoms with Gasteiger partial charge < -0.3 is 48.2 Å². The van der Waals surface area contributed by atoms with Crippen molar-refractivity contribution in [2.24, 2.45) is 22.9 Å². The van der Waals surface area contributed by atoms with Crippen molar-refractivity contribution in [1.29, 1.82) is 0 Å². The number of nitrogens with zero attached hydrogens (tertiary/aromatic N) is 2. The molecule has 6 unspecified atom stereocenters. The number of oxime groups is 1. The van der Waals surface area contributed by atoms with Crippen LogP contribution in [0.2, 0.25) is 0 Å². The zero-order chi connectivity index (χ0) is 50.7. The number of hydrogen-bond acceptors (Lipinski definition) is 13. The maximum atomic E-state index is 15.1. The number of aliphatic hydroxyl groups is 2. The number of fused-ring (bicyclic) bond motifs is 3. The Morgan fingerprint density at radius 3 is 2.28 bits per heavy atom. The second-order valence-electron chi connectivity index (χ2n) is 19.4. The summed E-state index contributed by atoms with van der Waals surface area (Å²) in [6, 6.07) is 15.8. The third-order valence-electron chi connectivity index (χ3n) is 14.6. The van der Waals surface area contributed by atoms with Gasteiger partial charge in [0.25, 0.3) is 0 Å². The van der Waals surface area contributed by atoms with Gasteiger partial charge in [-0.25, -0.2) is 4.79 Å². The van der Waals surface area contributed by atoms with E-state index in [1.165, 1.54) is 52.1 Å². The summed E-state index contributed by atoms with van der Waals surface area (Å²) in [6.45, 7) is 9.32. The van der Waals surface area contributed by atoms with Gasteiger partial charge in [0.1, 0.15) is 35.6 Å². The number of unbranched alkanes of at least 4 members (excludes halogenated alkanes) is 11. The van der Waals surface area contributed by atoms with E-state index in [2.05, 4.69) is 19.6 Å². The number of rotatable bonds is 31. The molecule has 3 aromatic rings. The van der Waals surface area contributed by atoms with Crippen LogP contribution in [0.5, 0.6) is 34.5 Å². The van der Waals surface area contributed by atoms with Gasteiger partial charge in [-0.3, -0.25) is 9.69 Å². The zero-order valence-electron chi connectivity index (χ0n) is 42.9. The number of carbonyl (C=O) groups is 2. The topological polar surface area (TPSA) is 164 Å². The predicted octanol–water partition coefficient (Wildman–Crippen LogP) is 12.2. The van der Waals surface area contributed by atoms with E-state index in [0.29, 0.717) is 65.2 Å². The van der Waals surface area contributed by atoms with Crippen molar-refractivity contribution >= 4 is 18.1 Å². The molecule has 392 valence electrons. The first-order chi connectivity index (χ1) is 35.3. The van der Waals surface area contributed by atoms with Crippen LogP contribution in [-0.4, -0.2) is 92.0 Å². The molecule has 0 bridgehead atoms.